The number of imide groups is 1. The minimum atomic E-state index is -0.758. The van der Waals surface area contributed by atoms with E-state index in [1.54, 1.807) is 26.0 Å². The summed E-state index contributed by atoms with van der Waals surface area (Å²) in [7, 11) is 0. The van der Waals surface area contributed by atoms with Gasteiger partial charge in [-0.2, -0.15) is 0 Å². The second-order valence-electron chi connectivity index (χ2n) is 5.51. The van der Waals surface area contributed by atoms with E-state index in [0.29, 0.717) is 24.2 Å². The van der Waals surface area contributed by atoms with Crippen molar-refractivity contribution in [1.82, 2.24) is 0 Å². The van der Waals surface area contributed by atoms with Crippen molar-refractivity contribution in [3.05, 3.63) is 23.8 Å². The number of carbonyl (C=O) groups excluding carboxylic acids is 2. The van der Waals surface area contributed by atoms with Crippen LogP contribution in [0.1, 0.15) is 25.8 Å². The van der Waals surface area contributed by atoms with Crippen molar-refractivity contribution in [3.63, 3.8) is 0 Å². The molecule has 4 N–H and O–H groups in total. The summed E-state index contributed by atoms with van der Waals surface area (Å²) in [5.74, 6) is -0.436. The normalized spacial score (nSPS) is 15.3. The smallest absolute Gasteiger partial charge is 0.240 e. The molecule has 0 aromatic heterocycles. The fraction of sp³-hybridized carbons (Fsp3) is 0.429. The zero-order chi connectivity index (χ0) is 14.2. The molecule has 1 aliphatic heterocycles. The van der Waals surface area contributed by atoms with Gasteiger partial charge in [-0.25, -0.2) is 4.90 Å². The van der Waals surface area contributed by atoms with Crippen LogP contribution in [0.5, 0.6) is 0 Å². The lowest BCUT2D eigenvalue weighted by molar-refractivity contribution is -0.131. The van der Waals surface area contributed by atoms with Crippen molar-refractivity contribution >= 4 is 23.2 Å². The number of rotatable bonds is 2. The number of hydrogen-bond donors (Lipinski definition) is 2. The molecule has 1 aromatic carbocycles. The highest BCUT2D eigenvalue weighted by Crippen LogP contribution is 2.32. The zero-order valence-electron chi connectivity index (χ0n) is 11.3. The summed E-state index contributed by atoms with van der Waals surface area (Å²) >= 11 is 0. The quantitative estimate of drug-likeness (QED) is 0.779. The number of fused-ring (bicyclic) bond motifs is 1. The molecule has 2 rings (SSSR count). The van der Waals surface area contributed by atoms with Crippen molar-refractivity contribution in [2.24, 2.45) is 11.1 Å². The van der Waals surface area contributed by atoms with E-state index in [9.17, 15) is 9.59 Å². The highest BCUT2D eigenvalue weighted by atomic mass is 16.2. The number of nitrogens with two attached hydrogens (primary N) is 2. The zero-order valence-corrected chi connectivity index (χ0v) is 11.3. The minimum absolute atomic E-state index is 0.177. The number of nitrogens with zero attached hydrogens (tertiary/aromatic N) is 1. The van der Waals surface area contributed by atoms with Crippen LogP contribution in [0, 0.1) is 5.41 Å². The molecule has 5 nitrogen and oxygen atoms in total. The highest BCUT2D eigenvalue weighted by Gasteiger charge is 2.37. The van der Waals surface area contributed by atoms with Gasteiger partial charge in [0.15, 0.2) is 0 Å². The number of nitrogen functional groups attached to an aromatic ring is 1. The molecule has 0 fully saturated rings. The van der Waals surface area contributed by atoms with E-state index in [1.807, 2.05) is 6.07 Å². The van der Waals surface area contributed by atoms with Gasteiger partial charge in [-0.15, -0.1) is 0 Å². The molecule has 0 unspecified atom stereocenters. The standard InChI is InChI=1S/C14H19N3O2/c1-14(2,8-15)13(19)17-11-5-4-10(16)7-9(11)3-6-12(17)18/h4-5,7H,3,6,8,15-16H2,1-2H3. The Morgan fingerprint density at radius 3 is 2.68 bits per heavy atom. The Kier molecular flexibility index (Phi) is 3.32. The summed E-state index contributed by atoms with van der Waals surface area (Å²) in [6.07, 6.45) is 0.939. The van der Waals surface area contributed by atoms with Crippen LogP contribution in [0.25, 0.3) is 0 Å². The maximum absolute atomic E-state index is 12.5. The van der Waals surface area contributed by atoms with E-state index in [2.05, 4.69) is 0 Å². The van der Waals surface area contributed by atoms with Crippen molar-refractivity contribution in [2.75, 3.05) is 17.2 Å². The third-order valence-electron chi connectivity index (χ3n) is 3.49. The predicted molar refractivity (Wildman–Crippen MR) is 74.5 cm³/mol. The van der Waals surface area contributed by atoms with E-state index >= 15 is 0 Å². The minimum Gasteiger partial charge on any atom is -0.399 e. The van der Waals surface area contributed by atoms with E-state index < -0.39 is 5.41 Å². The van der Waals surface area contributed by atoms with Gasteiger partial charge in [0.1, 0.15) is 0 Å². The van der Waals surface area contributed by atoms with Crippen LogP contribution in [0.15, 0.2) is 18.2 Å². The molecule has 0 saturated carbocycles. The lowest BCUT2D eigenvalue weighted by Gasteiger charge is -2.33. The van der Waals surface area contributed by atoms with Crippen LogP contribution in [-0.2, 0) is 16.0 Å². The van der Waals surface area contributed by atoms with Gasteiger partial charge < -0.3 is 11.5 Å². The van der Waals surface area contributed by atoms with Crippen LogP contribution in [0.2, 0.25) is 0 Å². The summed E-state index contributed by atoms with van der Waals surface area (Å²) in [6, 6.07) is 5.25. The molecule has 1 aliphatic rings. The first-order valence-electron chi connectivity index (χ1n) is 6.32. The molecule has 0 radical (unpaired) electrons. The van der Waals surface area contributed by atoms with Gasteiger partial charge in [0, 0.05) is 18.7 Å². The predicted octanol–water partition coefficient (Wildman–Crippen LogP) is 1.06. The van der Waals surface area contributed by atoms with Gasteiger partial charge in [-0.3, -0.25) is 9.59 Å². The number of hydrogen-bond acceptors (Lipinski definition) is 4. The number of amides is 2. The third kappa shape index (κ3) is 2.33. The Morgan fingerprint density at radius 2 is 2.05 bits per heavy atom. The Balaban J connectivity index is 2.47. The van der Waals surface area contributed by atoms with Gasteiger partial charge in [-0.05, 0) is 44.0 Å². The topological polar surface area (TPSA) is 89.4 Å². The highest BCUT2D eigenvalue weighted by molar-refractivity contribution is 6.18. The number of benzene rings is 1. The summed E-state index contributed by atoms with van der Waals surface area (Å²) in [5, 5.41) is 0. The van der Waals surface area contributed by atoms with E-state index in [1.165, 1.54) is 4.90 Å². The molecule has 102 valence electrons. The van der Waals surface area contributed by atoms with E-state index in [-0.39, 0.29) is 18.4 Å². The fourth-order valence-electron chi connectivity index (χ4n) is 2.12. The molecule has 0 saturated heterocycles. The molecular formula is C14H19N3O2. The van der Waals surface area contributed by atoms with Crippen molar-refractivity contribution < 1.29 is 9.59 Å². The van der Waals surface area contributed by atoms with E-state index in [0.717, 1.165) is 5.56 Å². The molecule has 0 spiro atoms. The molecule has 2 amide bonds. The maximum Gasteiger partial charge on any atom is 0.240 e. The van der Waals surface area contributed by atoms with Crippen LogP contribution in [0.4, 0.5) is 11.4 Å². The molecule has 0 bridgehead atoms. The summed E-state index contributed by atoms with van der Waals surface area (Å²) in [6.45, 7) is 3.68. The lowest BCUT2D eigenvalue weighted by atomic mass is 9.89. The van der Waals surface area contributed by atoms with Crippen LogP contribution >= 0.6 is 0 Å². The average Bonchev–Trinajstić information content (AvgIpc) is 2.38. The van der Waals surface area contributed by atoms with Gasteiger partial charge in [0.25, 0.3) is 0 Å². The molecule has 1 heterocycles. The monoisotopic (exact) mass is 261 g/mol. The fourth-order valence-corrected chi connectivity index (χ4v) is 2.12. The van der Waals surface area contributed by atoms with Crippen LogP contribution in [-0.4, -0.2) is 18.4 Å². The van der Waals surface area contributed by atoms with Crippen LogP contribution in [0.3, 0.4) is 0 Å². The lowest BCUT2D eigenvalue weighted by Crippen LogP contribution is -2.49. The molecule has 5 heteroatoms. The largest absolute Gasteiger partial charge is 0.399 e. The number of anilines is 2. The summed E-state index contributed by atoms with van der Waals surface area (Å²) in [5.41, 5.74) is 12.8. The van der Waals surface area contributed by atoms with Crippen molar-refractivity contribution in [2.45, 2.75) is 26.7 Å². The van der Waals surface area contributed by atoms with Gasteiger partial charge in [0.05, 0.1) is 11.1 Å². The Morgan fingerprint density at radius 1 is 1.37 bits per heavy atom. The summed E-state index contributed by atoms with van der Waals surface area (Å²) < 4.78 is 0. The Bertz CT molecular complexity index is 537. The second kappa shape index (κ2) is 4.66. The molecule has 19 heavy (non-hydrogen) atoms. The SMILES string of the molecule is CC(C)(CN)C(=O)N1C(=O)CCc2cc(N)ccc21. The first-order chi connectivity index (χ1) is 8.86. The number of aryl methyl sites for hydroxylation is 1. The Hall–Kier alpha value is -1.88. The molecular weight excluding hydrogens is 242 g/mol. The van der Waals surface area contributed by atoms with Gasteiger partial charge >= 0.3 is 0 Å². The van der Waals surface area contributed by atoms with E-state index in [4.69, 9.17) is 11.5 Å². The van der Waals surface area contributed by atoms with Crippen molar-refractivity contribution in [3.8, 4) is 0 Å². The average molecular weight is 261 g/mol. The third-order valence-corrected chi connectivity index (χ3v) is 3.49. The second-order valence-corrected chi connectivity index (χ2v) is 5.51. The number of carbonyl (C=O) groups is 2. The van der Waals surface area contributed by atoms with Gasteiger partial charge in [-0.1, -0.05) is 0 Å². The van der Waals surface area contributed by atoms with Crippen LogP contribution < -0.4 is 16.4 Å². The van der Waals surface area contributed by atoms with Crippen molar-refractivity contribution in [1.29, 1.82) is 0 Å². The Labute approximate surface area is 112 Å². The molecule has 1 aromatic rings. The maximum atomic E-state index is 12.5. The molecule has 0 atom stereocenters. The first-order valence-corrected chi connectivity index (χ1v) is 6.32. The summed E-state index contributed by atoms with van der Waals surface area (Å²) in [4.78, 5) is 25.8. The first kappa shape index (κ1) is 13.5. The van der Waals surface area contributed by atoms with Gasteiger partial charge in [0.2, 0.25) is 11.8 Å². The molecule has 0 aliphatic carbocycles.